The molecule has 1 aromatic rings. The number of carbonyl (C=O) groups is 1. The molecule has 0 aliphatic carbocycles. The average Bonchev–Trinajstić information content (AvgIpc) is 2.36. The van der Waals surface area contributed by atoms with Gasteiger partial charge in [0.05, 0.1) is 18.5 Å². The van der Waals surface area contributed by atoms with Gasteiger partial charge in [-0.05, 0) is 18.2 Å². The van der Waals surface area contributed by atoms with Gasteiger partial charge in [-0.25, -0.2) is 4.79 Å². The van der Waals surface area contributed by atoms with Gasteiger partial charge >= 0.3 is 6.09 Å². The summed E-state index contributed by atoms with van der Waals surface area (Å²) in [5.41, 5.74) is 1.81. The summed E-state index contributed by atoms with van der Waals surface area (Å²) in [5.74, 6) is 0. The van der Waals surface area contributed by atoms with Crippen LogP contribution in [-0.4, -0.2) is 30.7 Å². The van der Waals surface area contributed by atoms with Crippen molar-refractivity contribution in [1.82, 2.24) is 0 Å². The first-order valence-corrected chi connectivity index (χ1v) is 5.41. The van der Waals surface area contributed by atoms with Gasteiger partial charge in [-0.3, -0.25) is 4.90 Å². The molecule has 90 valence electrons. The van der Waals surface area contributed by atoms with Gasteiger partial charge in [-0.15, -0.1) is 0 Å². The monoisotopic (exact) mass is 254 g/mol. The summed E-state index contributed by atoms with van der Waals surface area (Å²) in [4.78, 5) is 13.1. The first-order valence-electron chi connectivity index (χ1n) is 5.03. The Morgan fingerprint density at radius 2 is 2.35 bits per heavy atom. The second-order valence-corrected chi connectivity index (χ2v) is 4.02. The van der Waals surface area contributed by atoms with Crippen LogP contribution in [0.3, 0.4) is 0 Å². The van der Waals surface area contributed by atoms with E-state index in [9.17, 15) is 4.79 Å². The van der Waals surface area contributed by atoms with Crippen molar-refractivity contribution in [3.8, 4) is 0 Å². The minimum Gasteiger partial charge on any atom is -0.452 e. The second-order valence-electron chi connectivity index (χ2n) is 3.58. The molecule has 1 N–H and O–H groups in total. The molecule has 0 atom stereocenters. The maximum Gasteiger partial charge on any atom is 0.414 e. The third kappa shape index (κ3) is 2.06. The normalized spacial score (nSPS) is 16.8. The molecule has 1 heterocycles. The van der Waals surface area contributed by atoms with Crippen molar-refractivity contribution in [1.29, 1.82) is 0 Å². The number of benzene rings is 1. The minimum atomic E-state index is -0.439. The quantitative estimate of drug-likeness (QED) is 0.572. The summed E-state index contributed by atoms with van der Waals surface area (Å²) in [6.07, 6.45) is 0.0180. The van der Waals surface area contributed by atoms with Crippen LogP contribution in [-0.2, 0) is 4.74 Å². The molecule has 1 aliphatic heterocycles. The molecule has 17 heavy (non-hydrogen) atoms. The fourth-order valence-electron chi connectivity index (χ4n) is 1.85. The molecule has 2 rings (SSSR count). The van der Waals surface area contributed by atoms with Crippen LogP contribution in [0.1, 0.15) is 12.0 Å². The second kappa shape index (κ2) is 4.63. The molecule has 0 bridgehead atoms. The summed E-state index contributed by atoms with van der Waals surface area (Å²) >= 11 is 5.89. The van der Waals surface area contributed by atoms with Crippen molar-refractivity contribution >= 4 is 29.1 Å². The Morgan fingerprint density at radius 1 is 1.59 bits per heavy atom. The van der Waals surface area contributed by atoms with Gasteiger partial charge in [0.1, 0.15) is 0 Å². The molecule has 0 saturated carbocycles. The highest BCUT2D eigenvalue weighted by atomic mass is 35.5. The topological polar surface area (TPSA) is 62.1 Å². The molecule has 0 spiro atoms. The van der Waals surface area contributed by atoms with Crippen molar-refractivity contribution in [3.63, 3.8) is 0 Å². The molecule has 0 unspecified atom stereocenters. The highest BCUT2D eigenvalue weighted by Gasteiger charge is 2.27. The summed E-state index contributed by atoms with van der Waals surface area (Å²) in [5, 5.41) is 12.7. The Hall–Kier alpha value is -1.75. The van der Waals surface area contributed by atoms with Crippen LogP contribution < -0.4 is 4.90 Å². The van der Waals surface area contributed by atoms with Gasteiger partial charge in [0.15, 0.2) is 0 Å². The predicted molar refractivity (Wildman–Crippen MR) is 64.1 cm³/mol. The number of halogens is 1. The Balaban J connectivity index is 2.51. The zero-order valence-electron chi connectivity index (χ0n) is 9.18. The number of hydrogen-bond acceptors (Lipinski definition) is 4. The number of rotatable bonds is 0. The van der Waals surface area contributed by atoms with E-state index in [2.05, 4.69) is 5.16 Å². The number of fused-ring (bicyclic) bond motifs is 1. The lowest BCUT2D eigenvalue weighted by atomic mass is 10.00. The molecule has 6 heteroatoms. The molecule has 5 nitrogen and oxygen atoms in total. The fraction of sp³-hybridized carbons (Fsp3) is 0.273. The summed E-state index contributed by atoms with van der Waals surface area (Å²) in [6, 6.07) is 5.05. The van der Waals surface area contributed by atoms with E-state index >= 15 is 0 Å². The van der Waals surface area contributed by atoms with Crippen molar-refractivity contribution in [2.45, 2.75) is 6.42 Å². The van der Waals surface area contributed by atoms with E-state index in [1.54, 1.807) is 18.2 Å². The number of oxime groups is 1. The molecule has 1 aromatic carbocycles. The first-order chi connectivity index (χ1) is 8.17. The van der Waals surface area contributed by atoms with E-state index in [1.807, 2.05) is 0 Å². The lowest BCUT2D eigenvalue weighted by Gasteiger charge is -2.28. The maximum absolute atomic E-state index is 11.6. The van der Waals surface area contributed by atoms with Crippen molar-refractivity contribution < 1.29 is 14.7 Å². The molecular formula is C11H11ClN2O3. The Labute approximate surface area is 103 Å². The minimum absolute atomic E-state index is 0.417. The van der Waals surface area contributed by atoms with Crippen LogP contribution in [0.15, 0.2) is 23.4 Å². The molecular weight excluding hydrogens is 244 g/mol. The van der Waals surface area contributed by atoms with E-state index in [1.165, 1.54) is 12.0 Å². The molecule has 0 aromatic heterocycles. The van der Waals surface area contributed by atoms with Crippen LogP contribution in [0.5, 0.6) is 0 Å². The Kier molecular flexibility index (Phi) is 3.19. The smallest absolute Gasteiger partial charge is 0.414 e. The zero-order valence-corrected chi connectivity index (χ0v) is 9.94. The largest absolute Gasteiger partial charge is 0.452 e. The number of anilines is 1. The first kappa shape index (κ1) is 11.7. The third-order valence-electron chi connectivity index (χ3n) is 2.65. The number of hydrogen-bond donors (Lipinski definition) is 1. The van der Waals surface area contributed by atoms with Gasteiger partial charge in [-0.1, -0.05) is 16.8 Å². The van der Waals surface area contributed by atoms with Gasteiger partial charge in [0.2, 0.25) is 0 Å². The molecule has 1 aliphatic rings. The molecule has 0 radical (unpaired) electrons. The van der Waals surface area contributed by atoms with E-state index < -0.39 is 6.09 Å². The van der Waals surface area contributed by atoms with E-state index in [4.69, 9.17) is 21.5 Å². The SMILES string of the molecule is COC(=O)N1CCC(=NO)c2cc(Cl)ccc21. The van der Waals surface area contributed by atoms with Crippen molar-refractivity contribution in [3.05, 3.63) is 28.8 Å². The highest BCUT2D eigenvalue weighted by molar-refractivity contribution is 6.31. The summed E-state index contributed by atoms with van der Waals surface area (Å²) in [6.45, 7) is 0.417. The highest BCUT2D eigenvalue weighted by Crippen LogP contribution is 2.30. The van der Waals surface area contributed by atoms with E-state index in [-0.39, 0.29) is 0 Å². The summed E-state index contributed by atoms with van der Waals surface area (Å²) < 4.78 is 4.70. The van der Waals surface area contributed by atoms with Crippen LogP contribution in [0.25, 0.3) is 0 Å². The van der Waals surface area contributed by atoms with Crippen LogP contribution in [0.2, 0.25) is 5.02 Å². The van der Waals surface area contributed by atoms with E-state index in [0.717, 1.165) is 0 Å². The van der Waals surface area contributed by atoms with E-state index in [0.29, 0.717) is 35.0 Å². The zero-order chi connectivity index (χ0) is 12.4. The fourth-order valence-corrected chi connectivity index (χ4v) is 2.02. The average molecular weight is 255 g/mol. The van der Waals surface area contributed by atoms with Gasteiger partial charge < -0.3 is 9.94 Å². The number of nitrogens with zero attached hydrogens (tertiary/aromatic N) is 2. The van der Waals surface area contributed by atoms with Gasteiger partial charge in [-0.2, -0.15) is 0 Å². The number of amides is 1. The van der Waals surface area contributed by atoms with Crippen molar-refractivity contribution in [2.24, 2.45) is 5.16 Å². The molecule has 0 fully saturated rings. The number of ether oxygens (including phenoxy) is 1. The number of carbonyl (C=O) groups excluding carboxylic acids is 1. The lowest BCUT2D eigenvalue weighted by molar-refractivity contribution is 0.178. The standard InChI is InChI=1S/C11H11ClN2O3/c1-17-11(15)14-5-4-9(13-16)8-6-7(12)2-3-10(8)14/h2-3,6,16H,4-5H2,1H3. The summed E-state index contributed by atoms with van der Waals surface area (Å²) in [7, 11) is 1.33. The molecule has 0 saturated heterocycles. The Morgan fingerprint density at radius 3 is 3.00 bits per heavy atom. The predicted octanol–water partition coefficient (Wildman–Crippen LogP) is 2.49. The number of methoxy groups -OCH3 is 1. The third-order valence-corrected chi connectivity index (χ3v) is 2.88. The Bertz CT molecular complexity index is 488. The van der Waals surface area contributed by atoms with Gasteiger partial charge in [0.25, 0.3) is 0 Å². The van der Waals surface area contributed by atoms with Crippen LogP contribution in [0.4, 0.5) is 10.5 Å². The molecule has 1 amide bonds. The van der Waals surface area contributed by atoms with Crippen LogP contribution in [0, 0.1) is 0 Å². The van der Waals surface area contributed by atoms with Gasteiger partial charge in [0, 0.05) is 23.6 Å². The van der Waals surface area contributed by atoms with Crippen LogP contribution >= 0.6 is 11.6 Å². The lowest BCUT2D eigenvalue weighted by Crippen LogP contribution is -2.37. The maximum atomic E-state index is 11.6. The van der Waals surface area contributed by atoms with Crippen molar-refractivity contribution in [2.75, 3.05) is 18.6 Å².